The van der Waals surface area contributed by atoms with E-state index in [1.54, 1.807) is 0 Å². The van der Waals surface area contributed by atoms with Crippen molar-refractivity contribution in [1.29, 1.82) is 0 Å². The number of hydrogen-bond acceptors (Lipinski definition) is 4. The zero-order chi connectivity index (χ0) is 10.4. The van der Waals surface area contributed by atoms with Gasteiger partial charge in [0.1, 0.15) is 0 Å². The maximum atomic E-state index is 10.1. The molecule has 8 heteroatoms. The third-order valence-electron chi connectivity index (χ3n) is 1.08. The standard InChI is InChI=1S/C6H9NO6.Eu/c8-4(9)1-7(2-5(10)11)3-6(12)13;/h1-3H2,(H,8,9)(H,10,11)(H,12,13);. The van der Waals surface area contributed by atoms with Crippen molar-refractivity contribution >= 4 is 17.9 Å². The number of carboxylic acid groups (broad SMARTS) is 3. The van der Waals surface area contributed by atoms with Crippen LogP contribution in [0.1, 0.15) is 0 Å². The predicted molar refractivity (Wildman–Crippen MR) is 39.3 cm³/mol. The van der Waals surface area contributed by atoms with Crippen molar-refractivity contribution in [3.8, 4) is 0 Å². The van der Waals surface area contributed by atoms with Crippen molar-refractivity contribution in [3.63, 3.8) is 0 Å². The average molecular weight is 343 g/mol. The molecule has 3 N–H and O–H groups in total. The Morgan fingerprint density at radius 2 is 1.00 bits per heavy atom. The zero-order valence-electron chi connectivity index (χ0n) is 7.01. The first kappa shape index (κ1) is 16.4. The molecule has 0 aliphatic heterocycles. The number of rotatable bonds is 6. The van der Waals surface area contributed by atoms with Crippen LogP contribution in [0, 0.1) is 49.4 Å². The zero-order valence-corrected chi connectivity index (χ0v) is 9.44. The first-order valence-corrected chi connectivity index (χ1v) is 3.29. The third-order valence-corrected chi connectivity index (χ3v) is 1.08. The van der Waals surface area contributed by atoms with E-state index in [1.807, 2.05) is 0 Å². The molecule has 0 saturated carbocycles. The van der Waals surface area contributed by atoms with E-state index in [0.29, 0.717) is 0 Å². The Morgan fingerprint density at radius 1 is 0.786 bits per heavy atom. The fourth-order valence-electron chi connectivity index (χ4n) is 0.742. The molecule has 1 radical (unpaired) electrons. The fraction of sp³-hybridized carbons (Fsp3) is 0.500. The molecule has 0 aliphatic rings. The molecule has 0 amide bonds. The molecule has 0 saturated heterocycles. The number of nitrogens with zero attached hydrogens (tertiary/aromatic N) is 1. The molecule has 0 aromatic carbocycles. The summed E-state index contributed by atoms with van der Waals surface area (Å²) >= 11 is 0. The Kier molecular flexibility index (Phi) is 9.69. The summed E-state index contributed by atoms with van der Waals surface area (Å²) in [5.74, 6) is -3.78. The minimum Gasteiger partial charge on any atom is -0.480 e. The summed E-state index contributed by atoms with van der Waals surface area (Å²) in [6.07, 6.45) is 0. The van der Waals surface area contributed by atoms with E-state index in [1.165, 1.54) is 0 Å². The molecule has 0 heterocycles. The second kappa shape index (κ2) is 8.28. The van der Waals surface area contributed by atoms with Gasteiger partial charge in [-0.2, -0.15) is 0 Å². The quantitative estimate of drug-likeness (QED) is 0.540. The van der Waals surface area contributed by atoms with Gasteiger partial charge in [0.2, 0.25) is 0 Å². The van der Waals surface area contributed by atoms with Gasteiger partial charge in [0.25, 0.3) is 0 Å². The van der Waals surface area contributed by atoms with Crippen molar-refractivity contribution in [2.45, 2.75) is 0 Å². The molecule has 0 rings (SSSR count). The number of carboxylic acids is 3. The van der Waals surface area contributed by atoms with E-state index >= 15 is 0 Å². The van der Waals surface area contributed by atoms with Crippen LogP contribution in [0.5, 0.6) is 0 Å². The van der Waals surface area contributed by atoms with E-state index < -0.39 is 37.5 Å². The average Bonchev–Trinajstić information content (AvgIpc) is 1.80. The van der Waals surface area contributed by atoms with Gasteiger partial charge in [-0.05, 0) is 0 Å². The first-order valence-electron chi connectivity index (χ1n) is 3.29. The van der Waals surface area contributed by atoms with E-state index in [0.717, 1.165) is 4.90 Å². The van der Waals surface area contributed by atoms with Gasteiger partial charge >= 0.3 is 17.9 Å². The molecule has 0 bridgehead atoms. The molecule has 0 atom stereocenters. The molecule has 14 heavy (non-hydrogen) atoms. The van der Waals surface area contributed by atoms with Gasteiger partial charge in [-0.1, -0.05) is 0 Å². The summed E-state index contributed by atoms with van der Waals surface area (Å²) in [4.78, 5) is 31.2. The monoisotopic (exact) mass is 344 g/mol. The van der Waals surface area contributed by atoms with Crippen LogP contribution in [0.25, 0.3) is 0 Å². The summed E-state index contributed by atoms with van der Waals surface area (Å²) in [5, 5.41) is 24.8. The van der Waals surface area contributed by atoms with Crippen LogP contribution in [0.3, 0.4) is 0 Å². The Hall–Kier alpha value is -0.0456. The maximum absolute atomic E-state index is 10.1. The van der Waals surface area contributed by atoms with Crippen LogP contribution in [-0.4, -0.2) is 57.8 Å². The Bertz CT molecular complexity index is 192. The topological polar surface area (TPSA) is 115 Å². The summed E-state index contributed by atoms with van der Waals surface area (Å²) in [5.41, 5.74) is 0. The second-order valence-electron chi connectivity index (χ2n) is 2.33. The van der Waals surface area contributed by atoms with Gasteiger partial charge in [-0.15, -0.1) is 0 Å². The molecular weight excluding hydrogens is 334 g/mol. The molecule has 0 unspecified atom stereocenters. The molecule has 7 nitrogen and oxygen atoms in total. The Labute approximate surface area is 120 Å². The first-order chi connectivity index (χ1) is 5.91. The van der Waals surface area contributed by atoms with E-state index in [9.17, 15) is 14.4 Å². The van der Waals surface area contributed by atoms with Crippen LogP contribution >= 0.6 is 0 Å². The van der Waals surface area contributed by atoms with E-state index in [2.05, 4.69) is 0 Å². The molecule has 81 valence electrons. The van der Waals surface area contributed by atoms with Crippen molar-refractivity contribution in [3.05, 3.63) is 0 Å². The molecule has 0 spiro atoms. The van der Waals surface area contributed by atoms with Crippen molar-refractivity contribution in [1.82, 2.24) is 4.90 Å². The van der Waals surface area contributed by atoms with Gasteiger partial charge in [-0.3, -0.25) is 19.3 Å². The molecule has 0 fully saturated rings. The van der Waals surface area contributed by atoms with Gasteiger partial charge in [0.05, 0.1) is 19.6 Å². The fourth-order valence-corrected chi connectivity index (χ4v) is 0.742. The van der Waals surface area contributed by atoms with Crippen LogP contribution in [0.2, 0.25) is 0 Å². The predicted octanol–water partition coefficient (Wildman–Crippen LogP) is -1.46. The Morgan fingerprint density at radius 3 is 1.14 bits per heavy atom. The van der Waals surface area contributed by atoms with Crippen LogP contribution < -0.4 is 0 Å². The minimum absolute atomic E-state index is 0. The summed E-state index contributed by atoms with van der Waals surface area (Å²) in [6.45, 7) is -1.80. The van der Waals surface area contributed by atoms with Crippen molar-refractivity contribution in [2.75, 3.05) is 19.6 Å². The van der Waals surface area contributed by atoms with Crippen LogP contribution in [-0.2, 0) is 14.4 Å². The molecule has 0 aromatic rings. The van der Waals surface area contributed by atoms with E-state index in [4.69, 9.17) is 15.3 Å². The van der Waals surface area contributed by atoms with Gasteiger partial charge in [0, 0.05) is 49.4 Å². The molecule has 0 aliphatic carbocycles. The smallest absolute Gasteiger partial charge is 0.317 e. The third kappa shape index (κ3) is 10.0. The summed E-state index contributed by atoms with van der Waals surface area (Å²) in [7, 11) is 0. The second-order valence-corrected chi connectivity index (χ2v) is 2.33. The van der Waals surface area contributed by atoms with Crippen LogP contribution in [0.15, 0.2) is 0 Å². The van der Waals surface area contributed by atoms with Crippen LogP contribution in [0.4, 0.5) is 0 Å². The molecule has 0 aromatic heterocycles. The summed E-state index contributed by atoms with van der Waals surface area (Å²) < 4.78 is 0. The normalized spacial score (nSPS) is 9.21. The van der Waals surface area contributed by atoms with Crippen molar-refractivity contribution < 1.29 is 79.1 Å². The number of carbonyl (C=O) groups is 3. The molecular formula is C6H9EuNO6. The maximum Gasteiger partial charge on any atom is 0.317 e. The largest absolute Gasteiger partial charge is 0.480 e. The van der Waals surface area contributed by atoms with Crippen molar-refractivity contribution in [2.24, 2.45) is 0 Å². The minimum atomic E-state index is -1.26. The Balaban J connectivity index is 0. The number of aliphatic carboxylic acids is 3. The van der Waals surface area contributed by atoms with Gasteiger partial charge in [0.15, 0.2) is 0 Å². The number of hydrogen-bond donors (Lipinski definition) is 3. The van der Waals surface area contributed by atoms with E-state index in [-0.39, 0.29) is 49.4 Å². The van der Waals surface area contributed by atoms with Gasteiger partial charge in [-0.25, -0.2) is 0 Å². The van der Waals surface area contributed by atoms with Gasteiger partial charge < -0.3 is 15.3 Å². The summed E-state index contributed by atoms with van der Waals surface area (Å²) in [6, 6.07) is 0. The SMILES string of the molecule is O=C(O)CN(CC(=O)O)CC(=O)O.[Eu].